The molecule has 0 radical (unpaired) electrons. The van der Waals surface area contributed by atoms with E-state index in [9.17, 15) is 0 Å². The van der Waals surface area contributed by atoms with Gasteiger partial charge in [-0.05, 0) is 29.8 Å². The van der Waals surface area contributed by atoms with Crippen molar-refractivity contribution in [3.63, 3.8) is 0 Å². The second-order valence-corrected chi connectivity index (χ2v) is 4.83. The average molecular weight is 268 g/mol. The quantitative estimate of drug-likeness (QED) is 0.571. The normalized spacial score (nSPS) is 10.8. The number of pyridine rings is 1. The van der Waals surface area contributed by atoms with E-state index in [1.165, 1.54) is 11.8 Å². The molecule has 0 bridgehead atoms. The topological polar surface area (TPSA) is 64.7 Å². The van der Waals surface area contributed by atoms with Crippen LogP contribution in [0.1, 0.15) is 0 Å². The van der Waals surface area contributed by atoms with Gasteiger partial charge in [0.2, 0.25) is 0 Å². The first-order valence-corrected chi connectivity index (χ1v) is 7.02. The van der Waals surface area contributed by atoms with Gasteiger partial charge in [0.1, 0.15) is 5.82 Å². The number of nitrogen functional groups attached to an aromatic ring is 1. The van der Waals surface area contributed by atoms with Gasteiger partial charge in [0.15, 0.2) is 5.16 Å². The first-order chi connectivity index (χ1) is 9.28. The Morgan fingerprint density at radius 1 is 1.05 bits per heavy atom. The SMILES string of the molecule is CSc1nccc(-c2ccc3ccnc(N)c3c2)n1. The first-order valence-electron chi connectivity index (χ1n) is 5.79. The predicted molar refractivity (Wildman–Crippen MR) is 79.0 cm³/mol. The molecule has 0 saturated heterocycles. The van der Waals surface area contributed by atoms with Crippen LogP contribution in [-0.4, -0.2) is 21.2 Å². The lowest BCUT2D eigenvalue weighted by molar-refractivity contribution is 0.976. The Labute approximate surface area is 115 Å². The Kier molecular flexibility index (Phi) is 3.05. The maximum atomic E-state index is 5.91. The molecule has 2 heterocycles. The van der Waals surface area contributed by atoms with Gasteiger partial charge in [-0.3, -0.25) is 0 Å². The molecule has 4 nitrogen and oxygen atoms in total. The molecular weight excluding hydrogens is 256 g/mol. The summed E-state index contributed by atoms with van der Waals surface area (Å²) < 4.78 is 0. The third-order valence-electron chi connectivity index (χ3n) is 2.91. The van der Waals surface area contributed by atoms with Crippen LogP contribution in [0.5, 0.6) is 0 Å². The van der Waals surface area contributed by atoms with E-state index in [4.69, 9.17) is 5.73 Å². The fourth-order valence-corrected chi connectivity index (χ4v) is 2.31. The van der Waals surface area contributed by atoms with E-state index in [1.807, 2.05) is 36.6 Å². The second kappa shape index (κ2) is 4.85. The molecule has 5 heteroatoms. The summed E-state index contributed by atoms with van der Waals surface area (Å²) in [4.78, 5) is 12.8. The fourth-order valence-electron chi connectivity index (χ4n) is 1.95. The number of aromatic nitrogens is 3. The molecule has 19 heavy (non-hydrogen) atoms. The van der Waals surface area contributed by atoms with E-state index in [0.29, 0.717) is 5.82 Å². The van der Waals surface area contributed by atoms with Crippen LogP contribution in [0.4, 0.5) is 5.82 Å². The number of fused-ring (bicyclic) bond motifs is 1. The highest BCUT2D eigenvalue weighted by Crippen LogP contribution is 2.26. The van der Waals surface area contributed by atoms with Crippen LogP contribution >= 0.6 is 11.8 Å². The number of nitrogens with zero attached hydrogens (tertiary/aromatic N) is 3. The standard InChI is InChI=1S/C14H12N4S/c1-19-14-17-7-5-12(18-14)10-3-2-9-4-6-16-13(15)11(9)8-10/h2-8H,1H3,(H2,15,16). The Balaban J connectivity index is 2.17. The summed E-state index contributed by atoms with van der Waals surface area (Å²) in [5.74, 6) is 0.540. The molecule has 3 rings (SSSR count). The summed E-state index contributed by atoms with van der Waals surface area (Å²) >= 11 is 1.53. The Bertz CT molecular complexity index is 742. The summed E-state index contributed by atoms with van der Waals surface area (Å²) in [6.07, 6.45) is 5.44. The van der Waals surface area contributed by atoms with Crippen LogP contribution < -0.4 is 5.73 Å². The summed E-state index contributed by atoms with van der Waals surface area (Å²) in [5.41, 5.74) is 7.82. The van der Waals surface area contributed by atoms with Crippen LogP contribution in [0.25, 0.3) is 22.0 Å². The third kappa shape index (κ3) is 2.24. The molecule has 2 N–H and O–H groups in total. The highest BCUT2D eigenvalue weighted by Gasteiger charge is 2.05. The molecule has 2 aromatic heterocycles. The number of anilines is 1. The number of thioether (sulfide) groups is 1. The van der Waals surface area contributed by atoms with Gasteiger partial charge in [-0.1, -0.05) is 23.9 Å². The lowest BCUT2D eigenvalue weighted by Gasteiger charge is -2.05. The van der Waals surface area contributed by atoms with Gasteiger partial charge in [-0.15, -0.1) is 0 Å². The molecule has 94 valence electrons. The molecule has 0 fully saturated rings. The van der Waals surface area contributed by atoms with Gasteiger partial charge >= 0.3 is 0 Å². The Morgan fingerprint density at radius 2 is 1.89 bits per heavy atom. The van der Waals surface area contributed by atoms with Crippen molar-refractivity contribution in [1.82, 2.24) is 15.0 Å². The summed E-state index contributed by atoms with van der Waals surface area (Å²) in [6, 6.07) is 9.93. The summed E-state index contributed by atoms with van der Waals surface area (Å²) in [5, 5.41) is 2.79. The lowest BCUT2D eigenvalue weighted by atomic mass is 10.1. The van der Waals surface area contributed by atoms with E-state index in [0.717, 1.165) is 27.2 Å². The number of benzene rings is 1. The lowest BCUT2D eigenvalue weighted by Crippen LogP contribution is -1.92. The van der Waals surface area contributed by atoms with Crippen molar-refractivity contribution in [1.29, 1.82) is 0 Å². The highest BCUT2D eigenvalue weighted by atomic mass is 32.2. The summed E-state index contributed by atoms with van der Waals surface area (Å²) in [6.45, 7) is 0. The van der Waals surface area contributed by atoms with E-state index < -0.39 is 0 Å². The Hall–Kier alpha value is -2.14. The van der Waals surface area contributed by atoms with Crippen molar-refractivity contribution in [3.05, 3.63) is 42.7 Å². The minimum atomic E-state index is 0.540. The minimum absolute atomic E-state index is 0.540. The number of nitrogens with two attached hydrogens (primary N) is 1. The molecule has 0 aliphatic heterocycles. The van der Waals surface area contributed by atoms with Crippen LogP contribution in [0.15, 0.2) is 47.9 Å². The number of rotatable bonds is 2. The largest absolute Gasteiger partial charge is 0.383 e. The van der Waals surface area contributed by atoms with Crippen LogP contribution in [0.2, 0.25) is 0 Å². The van der Waals surface area contributed by atoms with Gasteiger partial charge < -0.3 is 5.73 Å². The number of hydrogen-bond acceptors (Lipinski definition) is 5. The maximum Gasteiger partial charge on any atom is 0.187 e. The monoisotopic (exact) mass is 268 g/mol. The smallest absolute Gasteiger partial charge is 0.187 e. The van der Waals surface area contributed by atoms with E-state index in [-0.39, 0.29) is 0 Å². The zero-order valence-electron chi connectivity index (χ0n) is 10.4. The van der Waals surface area contributed by atoms with Crippen molar-refractivity contribution in [2.24, 2.45) is 0 Å². The van der Waals surface area contributed by atoms with E-state index in [1.54, 1.807) is 12.4 Å². The second-order valence-electron chi connectivity index (χ2n) is 4.06. The zero-order valence-corrected chi connectivity index (χ0v) is 11.2. The molecule has 0 spiro atoms. The highest BCUT2D eigenvalue weighted by molar-refractivity contribution is 7.98. The van der Waals surface area contributed by atoms with Gasteiger partial charge in [-0.25, -0.2) is 15.0 Å². The molecule has 0 atom stereocenters. The first kappa shape index (κ1) is 11.9. The fraction of sp³-hybridized carbons (Fsp3) is 0.0714. The number of hydrogen-bond donors (Lipinski definition) is 1. The van der Waals surface area contributed by atoms with Crippen LogP contribution in [0, 0.1) is 0 Å². The molecule has 0 saturated carbocycles. The molecule has 1 aromatic carbocycles. The minimum Gasteiger partial charge on any atom is -0.383 e. The van der Waals surface area contributed by atoms with Crippen LogP contribution in [-0.2, 0) is 0 Å². The van der Waals surface area contributed by atoms with Gasteiger partial charge in [0, 0.05) is 23.3 Å². The van der Waals surface area contributed by atoms with Gasteiger partial charge in [0.25, 0.3) is 0 Å². The van der Waals surface area contributed by atoms with Crippen molar-refractivity contribution in [2.75, 3.05) is 12.0 Å². The van der Waals surface area contributed by atoms with Gasteiger partial charge in [0.05, 0.1) is 5.69 Å². The molecular formula is C14H12N4S. The molecule has 3 aromatic rings. The third-order valence-corrected chi connectivity index (χ3v) is 3.47. The zero-order chi connectivity index (χ0) is 13.2. The maximum absolute atomic E-state index is 5.91. The van der Waals surface area contributed by atoms with Crippen molar-refractivity contribution >= 4 is 28.4 Å². The molecule has 0 aliphatic carbocycles. The molecule has 0 unspecified atom stereocenters. The van der Waals surface area contributed by atoms with Gasteiger partial charge in [-0.2, -0.15) is 0 Å². The van der Waals surface area contributed by atoms with E-state index in [2.05, 4.69) is 15.0 Å². The summed E-state index contributed by atoms with van der Waals surface area (Å²) in [7, 11) is 0. The van der Waals surface area contributed by atoms with Crippen molar-refractivity contribution in [3.8, 4) is 11.3 Å². The van der Waals surface area contributed by atoms with Crippen LogP contribution in [0.3, 0.4) is 0 Å². The van der Waals surface area contributed by atoms with Crippen molar-refractivity contribution in [2.45, 2.75) is 5.16 Å². The predicted octanol–water partition coefficient (Wildman–Crippen LogP) is 3.00. The Morgan fingerprint density at radius 3 is 2.74 bits per heavy atom. The average Bonchev–Trinajstić information content (AvgIpc) is 2.47. The van der Waals surface area contributed by atoms with E-state index >= 15 is 0 Å². The molecule has 0 amide bonds. The van der Waals surface area contributed by atoms with Crippen molar-refractivity contribution < 1.29 is 0 Å². The molecule has 0 aliphatic rings.